The van der Waals surface area contributed by atoms with Crippen molar-refractivity contribution in [2.45, 2.75) is 12.8 Å². The molecular formula is C16H15N3O2. The Morgan fingerprint density at radius 2 is 2.10 bits per heavy atom. The van der Waals surface area contributed by atoms with E-state index in [4.69, 9.17) is 0 Å². The fourth-order valence-electron chi connectivity index (χ4n) is 2.36. The Morgan fingerprint density at radius 3 is 2.81 bits per heavy atom. The predicted molar refractivity (Wildman–Crippen MR) is 80.2 cm³/mol. The molecule has 1 aromatic carbocycles. The Morgan fingerprint density at radius 1 is 1.19 bits per heavy atom. The summed E-state index contributed by atoms with van der Waals surface area (Å²) in [6.45, 7) is 0.733. The number of aromatic nitrogens is 1. The maximum absolute atomic E-state index is 12.1. The van der Waals surface area contributed by atoms with E-state index < -0.39 is 0 Å². The van der Waals surface area contributed by atoms with Crippen LogP contribution in [0.5, 0.6) is 0 Å². The summed E-state index contributed by atoms with van der Waals surface area (Å²) >= 11 is 0. The van der Waals surface area contributed by atoms with Crippen LogP contribution >= 0.6 is 0 Å². The third kappa shape index (κ3) is 2.91. The van der Waals surface area contributed by atoms with Gasteiger partial charge < -0.3 is 10.2 Å². The summed E-state index contributed by atoms with van der Waals surface area (Å²) in [6.07, 6.45) is 3.04. The van der Waals surface area contributed by atoms with Gasteiger partial charge in [-0.1, -0.05) is 12.1 Å². The Hall–Kier alpha value is -2.69. The molecule has 2 heterocycles. The second kappa shape index (κ2) is 5.75. The first-order chi connectivity index (χ1) is 10.2. The summed E-state index contributed by atoms with van der Waals surface area (Å²) in [5.74, 6) is -0.135. The van der Waals surface area contributed by atoms with Crippen LogP contribution in [0.25, 0.3) is 0 Å². The van der Waals surface area contributed by atoms with E-state index in [-0.39, 0.29) is 11.8 Å². The number of anilines is 2. The van der Waals surface area contributed by atoms with Crippen molar-refractivity contribution in [2.24, 2.45) is 0 Å². The molecule has 0 spiro atoms. The second-order valence-electron chi connectivity index (χ2n) is 4.87. The Labute approximate surface area is 122 Å². The summed E-state index contributed by atoms with van der Waals surface area (Å²) in [4.78, 5) is 29.6. The molecule has 21 heavy (non-hydrogen) atoms. The van der Waals surface area contributed by atoms with Gasteiger partial charge in [0.2, 0.25) is 5.91 Å². The number of nitrogens with zero attached hydrogens (tertiary/aromatic N) is 2. The molecule has 5 heteroatoms. The summed E-state index contributed by atoms with van der Waals surface area (Å²) < 4.78 is 0. The highest BCUT2D eigenvalue weighted by Gasteiger charge is 2.21. The van der Waals surface area contributed by atoms with Gasteiger partial charge in [0.25, 0.3) is 5.91 Å². The van der Waals surface area contributed by atoms with Gasteiger partial charge in [0.15, 0.2) is 0 Å². The number of pyridine rings is 1. The normalized spacial score (nSPS) is 14.3. The van der Waals surface area contributed by atoms with Gasteiger partial charge in [-0.25, -0.2) is 0 Å². The van der Waals surface area contributed by atoms with Crippen molar-refractivity contribution in [2.75, 3.05) is 16.8 Å². The summed E-state index contributed by atoms with van der Waals surface area (Å²) in [5.41, 5.74) is 1.83. The van der Waals surface area contributed by atoms with E-state index in [9.17, 15) is 9.59 Å². The number of hydrogen-bond donors (Lipinski definition) is 1. The van der Waals surface area contributed by atoms with E-state index in [0.29, 0.717) is 17.8 Å². The highest BCUT2D eigenvalue weighted by Crippen LogP contribution is 2.24. The second-order valence-corrected chi connectivity index (χ2v) is 4.87. The monoisotopic (exact) mass is 281 g/mol. The molecule has 1 saturated heterocycles. The minimum atomic E-state index is -0.263. The molecule has 106 valence electrons. The zero-order valence-corrected chi connectivity index (χ0v) is 11.5. The fraction of sp³-hybridized carbons (Fsp3) is 0.188. The van der Waals surface area contributed by atoms with E-state index >= 15 is 0 Å². The van der Waals surface area contributed by atoms with Gasteiger partial charge in [0, 0.05) is 30.5 Å². The van der Waals surface area contributed by atoms with Gasteiger partial charge in [-0.15, -0.1) is 0 Å². The lowest BCUT2D eigenvalue weighted by Crippen LogP contribution is -2.23. The molecule has 1 aliphatic heterocycles. The number of carbonyl (C=O) groups excluding carboxylic acids is 2. The van der Waals surface area contributed by atoms with Crippen molar-refractivity contribution in [3.05, 3.63) is 54.4 Å². The fourth-order valence-corrected chi connectivity index (χ4v) is 2.36. The number of nitrogens with one attached hydrogen (secondary N) is 1. The van der Waals surface area contributed by atoms with Crippen LogP contribution in [-0.2, 0) is 4.79 Å². The third-order valence-electron chi connectivity index (χ3n) is 3.39. The number of amides is 2. The van der Waals surface area contributed by atoms with Crippen LogP contribution in [0.3, 0.4) is 0 Å². The van der Waals surface area contributed by atoms with Crippen molar-refractivity contribution >= 4 is 23.2 Å². The zero-order chi connectivity index (χ0) is 14.7. The molecule has 0 unspecified atom stereocenters. The van der Waals surface area contributed by atoms with Crippen LogP contribution in [0.15, 0.2) is 48.7 Å². The molecular weight excluding hydrogens is 266 g/mol. The molecule has 2 amide bonds. The van der Waals surface area contributed by atoms with Gasteiger partial charge in [0.1, 0.15) is 5.69 Å². The molecule has 3 rings (SSSR count). The molecule has 1 fully saturated rings. The van der Waals surface area contributed by atoms with Crippen molar-refractivity contribution in [3.8, 4) is 0 Å². The highest BCUT2D eigenvalue weighted by atomic mass is 16.2. The first-order valence-electron chi connectivity index (χ1n) is 6.87. The lowest BCUT2D eigenvalue weighted by atomic mass is 10.2. The van der Waals surface area contributed by atoms with Crippen LogP contribution in [0.2, 0.25) is 0 Å². The van der Waals surface area contributed by atoms with Gasteiger partial charge in [-0.05, 0) is 36.8 Å². The van der Waals surface area contributed by atoms with Crippen molar-refractivity contribution in [1.82, 2.24) is 4.98 Å². The van der Waals surface area contributed by atoms with Crippen molar-refractivity contribution in [3.63, 3.8) is 0 Å². The van der Waals surface area contributed by atoms with Crippen LogP contribution in [0.1, 0.15) is 23.3 Å². The number of carbonyl (C=O) groups is 2. The van der Waals surface area contributed by atoms with Gasteiger partial charge in [0.05, 0.1) is 0 Å². The summed E-state index contributed by atoms with van der Waals surface area (Å²) in [6, 6.07) is 12.5. The Kier molecular flexibility index (Phi) is 3.64. The van der Waals surface area contributed by atoms with E-state index in [2.05, 4.69) is 10.3 Å². The molecule has 5 nitrogen and oxygen atoms in total. The lowest BCUT2D eigenvalue weighted by Gasteiger charge is -2.16. The first kappa shape index (κ1) is 13.3. The minimum Gasteiger partial charge on any atom is -0.321 e. The molecule has 0 aliphatic carbocycles. The smallest absolute Gasteiger partial charge is 0.274 e. The number of hydrogen-bond acceptors (Lipinski definition) is 3. The molecule has 1 aliphatic rings. The van der Waals surface area contributed by atoms with Crippen LogP contribution in [0, 0.1) is 0 Å². The Balaban J connectivity index is 1.77. The van der Waals surface area contributed by atoms with E-state index in [1.54, 1.807) is 35.4 Å². The molecule has 2 aromatic rings. The minimum absolute atomic E-state index is 0.128. The third-order valence-corrected chi connectivity index (χ3v) is 3.39. The number of rotatable bonds is 3. The van der Waals surface area contributed by atoms with Gasteiger partial charge in [-0.2, -0.15) is 0 Å². The first-order valence-corrected chi connectivity index (χ1v) is 6.87. The van der Waals surface area contributed by atoms with E-state index in [0.717, 1.165) is 18.7 Å². The zero-order valence-electron chi connectivity index (χ0n) is 11.5. The Bertz CT molecular complexity index is 670. The van der Waals surface area contributed by atoms with Crippen molar-refractivity contribution < 1.29 is 9.59 Å². The summed E-state index contributed by atoms with van der Waals surface area (Å²) in [7, 11) is 0. The number of benzene rings is 1. The average Bonchev–Trinajstić information content (AvgIpc) is 2.94. The van der Waals surface area contributed by atoms with E-state index in [1.807, 2.05) is 18.2 Å². The maximum atomic E-state index is 12.1. The average molecular weight is 281 g/mol. The molecule has 0 bridgehead atoms. The maximum Gasteiger partial charge on any atom is 0.274 e. The van der Waals surface area contributed by atoms with Gasteiger partial charge in [-0.3, -0.25) is 14.6 Å². The highest BCUT2D eigenvalue weighted by molar-refractivity contribution is 6.03. The van der Waals surface area contributed by atoms with Crippen molar-refractivity contribution in [1.29, 1.82) is 0 Å². The predicted octanol–water partition coefficient (Wildman–Crippen LogP) is 2.46. The lowest BCUT2D eigenvalue weighted by molar-refractivity contribution is -0.117. The van der Waals surface area contributed by atoms with E-state index in [1.165, 1.54) is 0 Å². The SMILES string of the molecule is O=C(Nc1cccc(N2CCCC2=O)c1)c1ccccn1. The van der Waals surface area contributed by atoms with Crippen LogP contribution in [-0.4, -0.2) is 23.3 Å². The quantitative estimate of drug-likeness (QED) is 0.940. The molecule has 0 saturated carbocycles. The molecule has 0 atom stereocenters. The molecule has 1 N–H and O–H groups in total. The topological polar surface area (TPSA) is 62.3 Å². The standard InChI is InChI=1S/C16H15N3O2/c20-15-8-4-10-19(15)13-6-3-5-12(11-13)18-16(21)14-7-1-2-9-17-14/h1-3,5-7,9,11H,4,8,10H2,(H,18,21). The van der Waals surface area contributed by atoms with Crippen LogP contribution < -0.4 is 10.2 Å². The van der Waals surface area contributed by atoms with Crippen LogP contribution in [0.4, 0.5) is 11.4 Å². The van der Waals surface area contributed by atoms with Gasteiger partial charge >= 0.3 is 0 Å². The molecule has 0 radical (unpaired) electrons. The molecule has 1 aromatic heterocycles. The largest absolute Gasteiger partial charge is 0.321 e. The summed E-state index contributed by atoms with van der Waals surface area (Å²) in [5, 5.41) is 2.80.